The van der Waals surface area contributed by atoms with Crippen molar-refractivity contribution in [2.75, 3.05) is 33.8 Å². The summed E-state index contributed by atoms with van der Waals surface area (Å²) in [6.45, 7) is 2.13. The number of likely N-dealkylation sites (tertiary alicyclic amines) is 1. The molecule has 1 aromatic heterocycles. The van der Waals surface area contributed by atoms with Crippen molar-refractivity contribution in [3.63, 3.8) is 0 Å². The first-order valence-corrected chi connectivity index (χ1v) is 8.70. The lowest BCUT2D eigenvalue weighted by Crippen LogP contribution is -2.44. The first-order valence-electron chi connectivity index (χ1n) is 8.70. The van der Waals surface area contributed by atoms with Crippen molar-refractivity contribution < 1.29 is 14.6 Å². The van der Waals surface area contributed by atoms with Gasteiger partial charge in [-0.05, 0) is 31.2 Å². The molecule has 1 amide bonds. The second-order valence-corrected chi connectivity index (χ2v) is 7.12. The Bertz CT molecular complexity index is 758. The number of nitrogens with zero attached hydrogens (tertiary/aromatic N) is 4. The number of ether oxygens (including phenoxy) is 1. The second-order valence-electron chi connectivity index (χ2n) is 7.12. The SMILES string of the molecule is COc1ccc(CN(C)CC2(O)CCN(C(=O)c3cnn(C)c3)C2)cc1. The quantitative estimate of drug-likeness (QED) is 0.838. The molecule has 1 aliphatic rings. The average Bonchev–Trinajstić information content (AvgIpc) is 3.21. The highest BCUT2D eigenvalue weighted by atomic mass is 16.5. The van der Waals surface area contributed by atoms with Gasteiger partial charge in [-0.2, -0.15) is 5.10 Å². The Hall–Kier alpha value is -2.38. The fourth-order valence-electron chi connectivity index (χ4n) is 3.47. The smallest absolute Gasteiger partial charge is 0.257 e. The van der Waals surface area contributed by atoms with Crippen molar-refractivity contribution in [2.45, 2.75) is 18.6 Å². The summed E-state index contributed by atoms with van der Waals surface area (Å²) in [4.78, 5) is 16.3. The molecule has 1 N–H and O–H groups in total. The Labute approximate surface area is 153 Å². The van der Waals surface area contributed by atoms with Gasteiger partial charge in [-0.15, -0.1) is 0 Å². The number of carbonyl (C=O) groups excluding carboxylic acids is 1. The van der Waals surface area contributed by atoms with Crippen LogP contribution in [0.4, 0.5) is 0 Å². The molecule has 1 saturated heterocycles. The Morgan fingerprint density at radius 2 is 2.12 bits per heavy atom. The van der Waals surface area contributed by atoms with Gasteiger partial charge >= 0.3 is 0 Å². The van der Waals surface area contributed by atoms with Gasteiger partial charge in [0.15, 0.2) is 0 Å². The summed E-state index contributed by atoms with van der Waals surface area (Å²) in [5, 5.41) is 15.0. The number of hydrogen-bond donors (Lipinski definition) is 1. The summed E-state index contributed by atoms with van der Waals surface area (Å²) in [5.74, 6) is 0.752. The molecule has 2 heterocycles. The van der Waals surface area contributed by atoms with Crippen LogP contribution in [0.25, 0.3) is 0 Å². The van der Waals surface area contributed by atoms with Crippen molar-refractivity contribution in [3.05, 3.63) is 47.8 Å². The van der Waals surface area contributed by atoms with E-state index in [-0.39, 0.29) is 5.91 Å². The van der Waals surface area contributed by atoms with Crippen LogP contribution in [0.5, 0.6) is 5.75 Å². The van der Waals surface area contributed by atoms with Gasteiger partial charge in [-0.25, -0.2) is 0 Å². The minimum Gasteiger partial charge on any atom is -0.497 e. The van der Waals surface area contributed by atoms with E-state index in [9.17, 15) is 9.90 Å². The molecule has 7 heteroatoms. The van der Waals surface area contributed by atoms with Crippen LogP contribution in [-0.4, -0.2) is 70.0 Å². The van der Waals surface area contributed by atoms with Gasteiger partial charge in [0.25, 0.3) is 5.91 Å². The molecule has 7 nitrogen and oxygen atoms in total. The molecule has 0 bridgehead atoms. The maximum absolute atomic E-state index is 12.5. The Morgan fingerprint density at radius 3 is 2.73 bits per heavy atom. The third-order valence-corrected chi connectivity index (χ3v) is 4.75. The van der Waals surface area contributed by atoms with Crippen molar-refractivity contribution >= 4 is 5.91 Å². The van der Waals surface area contributed by atoms with E-state index in [1.165, 1.54) is 0 Å². The Kier molecular flexibility index (Phi) is 5.29. The molecule has 1 atom stereocenters. The maximum atomic E-state index is 12.5. The Balaban J connectivity index is 1.56. The number of β-amino-alcohol motifs (C(OH)–C–C–N with tert-alkyl or cyclic N) is 1. The fourth-order valence-corrected chi connectivity index (χ4v) is 3.47. The molecule has 0 spiro atoms. The molecular weight excluding hydrogens is 332 g/mol. The molecule has 0 radical (unpaired) electrons. The van der Waals surface area contributed by atoms with E-state index in [0.29, 0.717) is 31.6 Å². The average molecular weight is 358 g/mol. The number of amides is 1. The van der Waals surface area contributed by atoms with Gasteiger partial charge in [0.05, 0.1) is 31.0 Å². The van der Waals surface area contributed by atoms with Gasteiger partial charge in [0.2, 0.25) is 0 Å². The zero-order valence-electron chi connectivity index (χ0n) is 15.6. The molecule has 1 aromatic carbocycles. The maximum Gasteiger partial charge on any atom is 0.257 e. The number of rotatable bonds is 6. The minimum atomic E-state index is -0.890. The van der Waals surface area contributed by atoms with E-state index in [2.05, 4.69) is 10.00 Å². The van der Waals surface area contributed by atoms with E-state index < -0.39 is 5.60 Å². The minimum absolute atomic E-state index is 0.0770. The molecule has 3 rings (SSSR count). The van der Waals surface area contributed by atoms with Gasteiger partial charge in [-0.1, -0.05) is 12.1 Å². The fraction of sp³-hybridized carbons (Fsp3) is 0.474. The number of aliphatic hydroxyl groups is 1. The summed E-state index contributed by atoms with van der Waals surface area (Å²) in [5.41, 5.74) is 0.820. The molecule has 2 aromatic rings. The molecular formula is C19H26N4O3. The number of hydrogen-bond acceptors (Lipinski definition) is 5. The standard InChI is InChI=1S/C19H26N4O3/c1-21(11-15-4-6-17(26-3)7-5-15)13-19(25)8-9-23(14-19)18(24)16-10-20-22(2)12-16/h4-7,10,12,25H,8-9,11,13-14H2,1-3H3. The summed E-state index contributed by atoms with van der Waals surface area (Å²) in [7, 11) is 5.41. The summed E-state index contributed by atoms with van der Waals surface area (Å²) >= 11 is 0. The number of methoxy groups -OCH3 is 1. The molecule has 26 heavy (non-hydrogen) atoms. The van der Waals surface area contributed by atoms with Gasteiger partial charge < -0.3 is 14.7 Å². The van der Waals surface area contributed by atoms with E-state index in [1.54, 1.807) is 36.1 Å². The monoisotopic (exact) mass is 358 g/mol. The highest BCUT2D eigenvalue weighted by Crippen LogP contribution is 2.24. The number of carbonyl (C=O) groups is 1. The normalized spacial score (nSPS) is 20.0. The summed E-state index contributed by atoms with van der Waals surface area (Å²) < 4.78 is 6.78. The van der Waals surface area contributed by atoms with Crippen LogP contribution in [-0.2, 0) is 13.6 Å². The zero-order valence-corrected chi connectivity index (χ0v) is 15.6. The van der Waals surface area contributed by atoms with Gasteiger partial charge in [0, 0.05) is 32.9 Å². The molecule has 0 aliphatic carbocycles. The zero-order chi connectivity index (χ0) is 18.7. The summed E-state index contributed by atoms with van der Waals surface area (Å²) in [6.07, 6.45) is 3.84. The number of aryl methyl sites for hydroxylation is 1. The molecule has 140 valence electrons. The third-order valence-electron chi connectivity index (χ3n) is 4.75. The first kappa shape index (κ1) is 18.4. The third kappa shape index (κ3) is 4.23. The van der Waals surface area contributed by atoms with E-state index in [4.69, 9.17) is 4.74 Å². The van der Waals surface area contributed by atoms with Crippen molar-refractivity contribution in [2.24, 2.45) is 7.05 Å². The highest BCUT2D eigenvalue weighted by Gasteiger charge is 2.39. The largest absolute Gasteiger partial charge is 0.497 e. The first-order chi connectivity index (χ1) is 12.4. The van der Waals surface area contributed by atoms with Crippen LogP contribution < -0.4 is 4.74 Å². The predicted octanol–water partition coefficient (Wildman–Crippen LogP) is 1.14. The summed E-state index contributed by atoms with van der Waals surface area (Å²) in [6, 6.07) is 7.90. The lowest BCUT2D eigenvalue weighted by Gasteiger charge is -2.29. The van der Waals surface area contributed by atoms with Crippen LogP contribution in [0.15, 0.2) is 36.7 Å². The van der Waals surface area contributed by atoms with Crippen LogP contribution in [0.2, 0.25) is 0 Å². The highest BCUT2D eigenvalue weighted by molar-refractivity contribution is 5.94. The number of likely N-dealkylation sites (N-methyl/N-ethyl adjacent to an activating group) is 1. The number of benzene rings is 1. The molecule has 1 aliphatic heterocycles. The lowest BCUT2D eigenvalue weighted by atomic mass is 10.0. The van der Waals surface area contributed by atoms with Crippen LogP contribution in [0.3, 0.4) is 0 Å². The van der Waals surface area contributed by atoms with Crippen LogP contribution in [0, 0.1) is 0 Å². The van der Waals surface area contributed by atoms with E-state index in [1.807, 2.05) is 31.3 Å². The topological polar surface area (TPSA) is 70.8 Å². The predicted molar refractivity (Wildman–Crippen MR) is 98.0 cm³/mol. The molecule has 1 fully saturated rings. The molecule has 1 unspecified atom stereocenters. The van der Waals surface area contributed by atoms with Gasteiger partial charge in [-0.3, -0.25) is 14.4 Å². The van der Waals surface area contributed by atoms with E-state index >= 15 is 0 Å². The van der Waals surface area contributed by atoms with E-state index in [0.717, 1.165) is 17.9 Å². The van der Waals surface area contributed by atoms with Gasteiger partial charge in [0.1, 0.15) is 5.75 Å². The van der Waals surface area contributed by atoms with Crippen molar-refractivity contribution in [1.82, 2.24) is 19.6 Å². The van der Waals surface area contributed by atoms with Crippen molar-refractivity contribution in [3.8, 4) is 5.75 Å². The lowest BCUT2D eigenvalue weighted by molar-refractivity contribution is 0.0163. The van der Waals surface area contributed by atoms with Crippen LogP contribution in [0.1, 0.15) is 22.3 Å². The number of aromatic nitrogens is 2. The van der Waals surface area contributed by atoms with Crippen molar-refractivity contribution in [1.29, 1.82) is 0 Å². The second kappa shape index (κ2) is 7.47. The molecule has 0 saturated carbocycles. The Morgan fingerprint density at radius 1 is 1.38 bits per heavy atom. The van der Waals surface area contributed by atoms with Crippen LogP contribution >= 0.6 is 0 Å².